The fourth-order valence-corrected chi connectivity index (χ4v) is 3.16. The van der Waals surface area contributed by atoms with Crippen molar-refractivity contribution in [3.63, 3.8) is 0 Å². The smallest absolute Gasteiger partial charge is 0.112 e. The van der Waals surface area contributed by atoms with Gasteiger partial charge in [-0.1, -0.05) is 6.07 Å². The van der Waals surface area contributed by atoms with E-state index in [1.807, 2.05) is 0 Å². The van der Waals surface area contributed by atoms with Crippen molar-refractivity contribution >= 4 is 16.7 Å². The van der Waals surface area contributed by atoms with Gasteiger partial charge < -0.3 is 9.88 Å². The first-order valence-electron chi connectivity index (χ1n) is 6.67. The molecule has 2 aromatic rings. The van der Waals surface area contributed by atoms with Crippen LogP contribution in [-0.4, -0.2) is 47.1 Å². The summed E-state index contributed by atoms with van der Waals surface area (Å²) < 4.78 is 0. The zero-order valence-corrected chi connectivity index (χ0v) is 10.7. The number of nitrogens with zero attached hydrogens (tertiary/aromatic N) is 3. The Morgan fingerprint density at radius 3 is 3.00 bits per heavy atom. The third kappa shape index (κ3) is 1.38. The monoisotopic (exact) mass is 242 g/mol. The predicted octanol–water partition coefficient (Wildman–Crippen LogP) is 1.85. The second kappa shape index (κ2) is 3.48. The first-order valence-corrected chi connectivity index (χ1v) is 6.67. The highest BCUT2D eigenvalue weighted by molar-refractivity contribution is 5.88. The highest BCUT2D eigenvalue weighted by atomic mass is 15.3. The van der Waals surface area contributed by atoms with Crippen molar-refractivity contribution in [2.24, 2.45) is 0 Å². The lowest BCUT2D eigenvalue weighted by atomic mass is 10.1. The zero-order valence-electron chi connectivity index (χ0n) is 10.7. The molecule has 0 bridgehead atoms. The summed E-state index contributed by atoms with van der Waals surface area (Å²) in [6.45, 7) is 3.40. The van der Waals surface area contributed by atoms with Crippen LogP contribution in [0.15, 0.2) is 24.5 Å². The fourth-order valence-electron chi connectivity index (χ4n) is 3.16. The van der Waals surface area contributed by atoms with Crippen molar-refractivity contribution in [1.29, 1.82) is 0 Å². The van der Waals surface area contributed by atoms with Crippen LogP contribution < -0.4 is 4.90 Å². The van der Waals surface area contributed by atoms with E-state index in [9.17, 15) is 0 Å². The van der Waals surface area contributed by atoms with Crippen LogP contribution in [0, 0.1) is 0 Å². The summed E-state index contributed by atoms with van der Waals surface area (Å²) in [6.07, 6.45) is 4.48. The van der Waals surface area contributed by atoms with E-state index in [4.69, 9.17) is 0 Å². The number of piperazine rings is 1. The van der Waals surface area contributed by atoms with E-state index < -0.39 is 0 Å². The molecule has 1 aliphatic carbocycles. The van der Waals surface area contributed by atoms with Crippen molar-refractivity contribution in [3.8, 4) is 0 Å². The van der Waals surface area contributed by atoms with Gasteiger partial charge in [0.05, 0.1) is 17.5 Å². The summed E-state index contributed by atoms with van der Waals surface area (Å²) in [7, 11) is 2.26. The number of para-hydroxylation sites is 1. The molecule has 0 atom stereocenters. The molecule has 1 aromatic heterocycles. The highest BCUT2D eigenvalue weighted by Crippen LogP contribution is 2.44. The standard InChI is InChI=1S/C14H18N4/c1-17-7-8-18(9-14(17)5-6-14)12-4-2-3-11-13(12)16-10-15-11/h2-4,10H,5-9H2,1H3,(H,15,16). The van der Waals surface area contributed by atoms with Crippen LogP contribution in [0.2, 0.25) is 0 Å². The topological polar surface area (TPSA) is 35.2 Å². The lowest BCUT2D eigenvalue weighted by molar-refractivity contribution is 0.199. The van der Waals surface area contributed by atoms with Crippen LogP contribution in [0.1, 0.15) is 12.8 Å². The lowest BCUT2D eigenvalue weighted by Crippen LogP contribution is -2.53. The molecule has 2 fully saturated rings. The molecule has 0 amide bonds. The van der Waals surface area contributed by atoms with Crippen LogP contribution in [0.3, 0.4) is 0 Å². The van der Waals surface area contributed by atoms with E-state index in [1.54, 1.807) is 6.33 Å². The van der Waals surface area contributed by atoms with E-state index in [0.717, 1.165) is 30.7 Å². The Kier molecular flexibility index (Phi) is 2.01. The van der Waals surface area contributed by atoms with Gasteiger partial charge in [0.1, 0.15) is 5.52 Å². The number of fused-ring (bicyclic) bond motifs is 1. The fraction of sp³-hybridized carbons (Fsp3) is 0.500. The SMILES string of the molecule is CN1CCN(c2cccc3[nH]cnc23)CC12CC2. The first kappa shape index (κ1) is 10.4. The number of anilines is 1. The molecule has 1 spiro atoms. The number of aromatic amines is 1. The van der Waals surface area contributed by atoms with E-state index >= 15 is 0 Å². The zero-order chi connectivity index (χ0) is 12.2. The van der Waals surface area contributed by atoms with E-state index in [-0.39, 0.29) is 0 Å². The number of nitrogens with one attached hydrogen (secondary N) is 1. The summed E-state index contributed by atoms with van der Waals surface area (Å²) in [6, 6.07) is 6.41. The van der Waals surface area contributed by atoms with E-state index in [1.165, 1.54) is 18.5 Å². The number of H-pyrrole nitrogens is 1. The maximum atomic E-state index is 4.47. The molecule has 1 aromatic carbocycles. The Bertz CT molecular complexity index is 584. The van der Waals surface area contributed by atoms with Crippen LogP contribution in [0.4, 0.5) is 5.69 Å². The van der Waals surface area contributed by atoms with Crippen molar-refractivity contribution in [2.45, 2.75) is 18.4 Å². The number of imidazole rings is 1. The Morgan fingerprint density at radius 1 is 1.28 bits per heavy atom. The maximum absolute atomic E-state index is 4.47. The Hall–Kier alpha value is -1.55. The number of rotatable bonds is 1. The molecule has 0 radical (unpaired) electrons. The van der Waals surface area contributed by atoms with Gasteiger partial charge in [0.25, 0.3) is 0 Å². The van der Waals surface area contributed by atoms with Crippen LogP contribution in [0.5, 0.6) is 0 Å². The minimum Gasteiger partial charge on any atom is -0.367 e. The number of likely N-dealkylation sites (N-methyl/N-ethyl adjacent to an activating group) is 1. The predicted molar refractivity (Wildman–Crippen MR) is 72.9 cm³/mol. The molecule has 1 saturated heterocycles. The molecule has 2 heterocycles. The number of hydrogen-bond donors (Lipinski definition) is 1. The highest BCUT2D eigenvalue weighted by Gasteiger charge is 2.49. The molecule has 18 heavy (non-hydrogen) atoms. The summed E-state index contributed by atoms with van der Waals surface area (Å²) in [5.41, 5.74) is 3.98. The Labute approximate surface area is 107 Å². The summed E-state index contributed by atoms with van der Waals surface area (Å²) in [5.74, 6) is 0. The Morgan fingerprint density at radius 2 is 2.17 bits per heavy atom. The molecule has 2 aliphatic rings. The van der Waals surface area contributed by atoms with E-state index in [2.05, 4.69) is 45.0 Å². The van der Waals surface area contributed by atoms with Gasteiger partial charge in [0.2, 0.25) is 0 Å². The van der Waals surface area contributed by atoms with Gasteiger partial charge in [-0.05, 0) is 32.0 Å². The molecule has 1 N–H and O–H groups in total. The molecular weight excluding hydrogens is 224 g/mol. The first-order chi connectivity index (χ1) is 8.78. The third-order valence-electron chi connectivity index (χ3n) is 4.60. The molecule has 4 heteroatoms. The minimum absolute atomic E-state index is 0.455. The van der Waals surface area contributed by atoms with Crippen molar-refractivity contribution in [2.75, 3.05) is 31.6 Å². The van der Waals surface area contributed by atoms with Gasteiger partial charge in [0, 0.05) is 25.2 Å². The largest absolute Gasteiger partial charge is 0.367 e. The maximum Gasteiger partial charge on any atom is 0.112 e. The number of benzene rings is 1. The number of hydrogen-bond acceptors (Lipinski definition) is 3. The van der Waals surface area contributed by atoms with Gasteiger partial charge >= 0.3 is 0 Å². The summed E-state index contributed by atoms with van der Waals surface area (Å²) in [5, 5.41) is 0. The van der Waals surface area contributed by atoms with Gasteiger partial charge in [-0.2, -0.15) is 0 Å². The van der Waals surface area contributed by atoms with Gasteiger partial charge in [-0.25, -0.2) is 4.98 Å². The van der Waals surface area contributed by atoms with Gasteiger partial charge in [0.15, 0.2) is 0 Å². The summed E-state index contributed by atoms with van der Waals surface area (Å²) in [4.78, 5) is 12.7. The van der Waals surface area contributed by atoms with Crippen molar-refractivity contribution in [1.82, 2.24) is 14.9 Å². The second-order valence-corrected chi connectivity index (χ2v) is 5.64. The lowest BCUT2D eigenvalue weighted by Gasteiger charge is -2.41. The molecule has 4 rings (SSSR count). The van der Waals surface area contributed by atoms with Gasteiger partial charge in [-0.3, -0.25) is 4.90 Å². The third-order valence-corrected chi connectivity index (χ3v) is 4.60. The molecule has 0 unspecified atom stereocenters. The van der Waals surface area contributed by atoms with Crippen LogP contribution in [-0.2, 0) is 0 Å². The molecular formula is C14H18N4. The van der Waals surface area contributed by atoms with Crippen molar-refractivity contribution in [3.05, 3.63) is 24.5 Å². The molecule has 1 saturated carbocycles. The average molecular weight is 242 g/mol. The van der Waals surface area contributed by atoms with E-state index in [0.29, 0.717) is 5.54 Å². The summed E-state index contributed by atoms with van der Waals surface area (Å²) >= 11 is 0. The minimum atomic E-state index is 0.455. The molecule has 1 aliphatic heterocycles. The molecule has 4 nitrogen and oxygen atoms in total. The quantitative estimate of drug-likeness (QED) is 0.829. The second-order valence-electron chi connectivity index (χ2n) is 5.64. The van der Waals surface area contributed by atoms with Gasteiger partial charge in [-0.15, -0.1) is 0 Å². The average Bonchev–Trinajstić information content (AvgIpc) is 2.99. The van der Waals surface area contributed by atoms with Crippen LogP contribution in [0.25, 0.3) is 11.0 Å². The van der Waals surface area contributed by atoms with Crippen LogP contribution >= 0.6 is 0 Å². The number of aromatic nitrogens is 2. The molecule has 94 valence electrons. The Balaban J connectivity index is 1.73. The normalized spacial score (nSPS) is 22.8. The van der Waals surface area contributed by atoms with Crippen molar-refractivity contribution < 1.29 is 0 Å².